The lowest BCUT2D eigenvalue weighted by molar-refractivity contribution is -0.145. The van der Waals surface area contributed by atoms with Crippen LogP contribution in [0.1, 0.15) is 81.5 Å². The van der Waals surface area contributed by atoms with Gasteiger partial charge in [0.25, 0.3) is 11.8 Å². The Morgan fingerprint density at radius 2 is 1.53 bits per heavy atom. The van der Waals surface area contributed by atoms with Crippen LogP contribution in [0, 0.1) is 11.3 Å². The predicted octanol–water partition coefficient (Wildman–Crippen LogP) is 2.86. The monoisotopic (exact) mass is 547 g/mol. The molecule has 1 aliphatic heterocycles. The average Bonchev–Trinajstić information content (AvgIpc) is 3.04. The SMILES string of the molecule is CC(=O)S[C@@H](CCCN1C(=O)c2ccccc2C1=O)C(=O)N[C@@H](CC(C)C)C(=O)N[C@H](C(=O)O)C(C)(C)C. The second-order valence-electron chi connectivity index (χ2n) is 10.9. The molecule has 2 rings (SSSR count). The Labute approximate surface area is 227 Å². The van der Waals surface area contributed by atoms with Crippen LogP contribution >= 0.6 is 11.8 Å². The van der Waals surface area contributed by atoms with Gasteiger partial charge in [0.2, 0.25) is 11.8 Å². The number of carboxylic acids is 1. The van der Waals surface area contributed by atoms with Crippen molar-refractivity contribution in [3.8, 4) is 0 Å². The minimum atomic E-state index is -1.18. The van der Waals surface area contributed by atoms with E-state index in [9.17, 15) is 33.9 Å². The number of nitrogens with one attached hydrogen (secondary N) is 2. The first-order valence-electron chi connectivity index (χ1n) is 12.6. The van der Waals surface area contributed by atoms with Crippen molar-refractivity contribution in [3.63, 3.8) is 0 Å². The number of hydrogen-bond donors (Lipinski definition) is 3. The number of benzene rings is 1. The molecule has 0 bridgehead atoms. The van der Waals surface area contributed by atoms with E-state index in [-0.39, 0.29) is 36.8 Å². The van der Waals surface area contributed by atoms with E-state index in [1.807, 2.05) is 13.8 Å². The van der Waals surface area contributed by atoms with Gasteiger partial charge in [0, 0.05) is 13.5 Å². The first kappa shape index (κ1) is 31.0. The topological polar surface area (TPSA) is 150 Å². The Balaban J connectivity index is 2.10. The van der Waals surface area contributed by atoms with Crippen molar-refractivity contribution in [1.82, 2.24) is 15.5 Å². The molecule has 0 unspecified atom stereocenters. The molecule has 3 atom stereocenters. The molecule has 0 spiro atoms. The highest BCUT2D eigenvalue weighted by molar-refractivity contribution is 8.14. The van der Waals surface area contributed by atoms with Crippen molar-refractivity contribution in [2.75, 3.05) is 6.54 Å². The van der Waals surface area contributed by atoms with E-state index in [1.165, 1.54) is 6.92 Å². The lowest BCUT2D eigenvalue weighted by Crippen LogP contribution is -2.56. The van der Waals surface area contributed by atoms with Crippen molar-refractivity contribution in [1.29, 1.82) is 0 Å². The Bertz CT molecular complexity index is 1060. The van der Waals surface area contributed by atoms with Gasteiger partial charge < -0.3 is 15.7 Å². The van der Waals surface area contributed by atoms with E-state index in [4.69, 9.17) is 0 Å². The molecular formula is C27H37N3O7S. The van der Waals surface area contributed by atoms with Gasteiger partial charge in [-0.3, -0.25) is 28.9 Å². The smallest absolute Gasteiger partial charge is 0.326 e. The number of carbonyl (C=O) groups excluding carboxylic acids is 5. The number of amides is 4. The number of nitrogens with zero attached hydrogens (tertiary/aromatic N) is 1. The van der Waals surface area contributed by atoms with Crippen LogP contribution in [0.3, 0.4) is 0 Å². The fourth-order valence-corrected chi connectivity index (χ4v) is 5.04. The molecule has 1 aliphatic rings. The molecule has 3 N–H and O–H groups in total. The molecule has 10 nitrogen and oxygen atoms in total. The molecule has 0 aromatic heterocycles. The lowest BCUT2D eigenvalue weighted by Gasteiger charge is -2.30. The van der Waals surface area contributed by atoms with Crippen LogP contribution in [-0.4, -0.2) is 68.6 Å². The van der Waals surface area contributed by atoms with E-state index in [0.29, 0.717) is 11.1 Å². The van der Waals surface area contributed by atoms with Crippen LogP contribution < -0.4 is 10.6 Å². The zero-order chi connectivity index (χ0) is 28.8. The number of aliphatic carboxylic acids is 1. The molecule has 0 saturated carbocycles. The zero-order valence-electron chi connectivity index (χ0n) is 22.7. The summed E-state index contributed by atoms with van der Waals surface area (Å²) in [5.41, 5.74) is -0.0879. The molecule has 1 aromatic rings. The van der Waals surface area contributed by atoms with E-state index in [1.54, 1.807) is 45.0 Å². The van der Waals surface area contributed by atoms with Gasteiger partial charge in [0.15, 0.2) is 5.12 Å². The highest BCUT2D eigenvalue weighted by Gasteiger charge is 2.37. The fraction of sp³-hybridized carbons (Fsp3) is 0.556. The van der Waals surface area contributed by atoms with Crippen molar-refractivity contribution >= 4 is 46.5 Å². The molecule has 1 heterocycles. The van der Waals surface area contributed by atoms with Gasteiger partial charge >= 0.3 is 5.97 Å². The number of carbonyl (C=O) groups is 6. The summed E-state index contributed by atoms with van der Waals surface area (Å²) in [6.07, 6.45) is 0.718. The van der Waals surface area contributed by atoms with E-state index >= 15 is 0 Å². The van der Waals surface area contributed by atoms with Gasteiger partial charge in [0.1, 0.15) is 12.1 Å². The largest absolute Gasteiger partial charge is 0.480 e. The number of rotatable bonds is 12. The van der Waals surface area contributed by atoms with E-state index in [0.717, 1.165) is 16.7 Å². The van der Waals surface area contributed by atoms with Crippen LogP contribution in [0.25, 0.3) is 0 Å². The molecule has 0 saturated heterocycles. The van der Waals surface area contributed by atoms with Crippen LogP contribution in [0.2, 0.25) is 0 Å². The number of fused-ring (bicyclic) bond motifs is 1. The molecule has 38 heavy (non-hydrogen) atoms. The fourth-order valence-electron chi connectivity index (χ4n) is 4.18. The van der Waals surface area contributed by atoms with Gasteiger partial charge in [-0.1, -0.05) is 58.5 Å². The van der Waals surface area contributed by atoms with Gasteiger partial charge in [-0.05, 0) is 42.7 Å². The number of hydrogen-bond acceptors (Lipinski definition) is 7. The summed E-state index contributed by atoms with van der Waals surface area (Å²) in [5.74, 6) is -3.13. The molecule has 0 radical (unpaired) electrons. The second-order valence-corrected chi connectivity index (χ2v) is 12.3. The summed E-state index contributed by atoms with van der Waals surface area (Å²) < 4.78 is 0. The zero-order valence-corrected chi connectivity index (χ0v) is 23.5. The predicted molar refractivity (Wildman–Crippen MR) is 144 cm³/mol. The number of thioether (sulfide) groups is 1. The highest BCUT2D eigenvalue weighted by atomic mass is 32.2. The molecular weight excluding hydrogens is 510 g/mol. The Kier molecular flexibility index (Phi) is 10.6. The van der Waals surface area contributed by atoms with Gasteiger partial charge in [-0.25, -0.2) is 4.79 Å². The van der Waals surface area contributed by atoms with E-state index in [2.05, 4.69) is 10.6 Å². The summed E-state index contributed by atoms with van der Waals surface area (Å²) >= 11 is 0.810. The quantitative estimate of drug-likeness (QED) is 0.338. The summed E-state index contributed by atoms with van der Waals surface area (Å²) in [6, 6.07) is 4.38. The summed E-state index contributed by atoms with van der Waals surface area (Å²) in [6.45, 7) is 10.2. The lowest BCUT2D eigenvalue weighted by atomic mass is 9.86. The standard InChI is InChI=1S/C27H37N3O7S/c1-15(2)14-19(22(32)29-21(26(36)37)27(4,5)6)28-23(33)20(38-16(3)31)12-9-13-30-24(34)17-10-7-8-11-18(17)25(30)35/h7-8,10-11,15,19-21H,9,12-14H2,1-6H3,(H,28,33)(H,29,32)(H,36,37)/t19-,20-,21+/m0/s1. The molecule has 4 amide bonds. The Hall–Kier alpha value is -3.21. The third kappa shape index (κ3) is 8.14. The maximum absolute atomic E-state index is 13.2. The van der Waals surface area contributed by atoms with Crippen LogP contribution in [0.4, 0.5) is 0 Å². The van der Waals surface area contributed by atoms with Gasteiger partial charge in [-0.15, -0.1) is 0 Å². The molecule has 11 heteroatoms. The van der Waals surface area contributed by atoms with Crippen LogP contribution in [-0.2, 0) is 19.2 Å². The highest BCUT2D eigenvalue weighted by Crippen LogP contribution is 2.25. The third-order valence-corrected chi connectivity index (χ3v) is 7.13. The Morgan fingerprint density at radius 1 is 0.974 bits per heavy atom. The second kappa shape index (κ2) is 13.0. The third-order valence-electron chi connectivity index (χ3n) is 6.07. The summed E-state index contributed by atoms with van der Waals surface area (Å²) in [5, 5.41) is 13.7. The molecule has 208 valence electrons. The van der Waals surface area contributed by atoms with Gasteiger partial charge in [-0.2, -0.15) is 0 Å². The molecule has 1 aromatic carbocycles. The first-order chi connectivity index (χ1) is 17.6. The minimum absolute atomic E-state index is 0.0108. The van der Waals surface area contributed by atoms with Crippen molar-refractivity contribution in [3.05, 3.63) is 35.4 Å². The maximum Gasteiger partial charge on any atom is 0.326 e. The average molecular weight is 548 g/mol. The van der Waals surface area contributed by atoms with Crippen molar-refractivity contribution in [2.24, 2.45) is 11.3 Å². The van der Waals surface area contributed by atoms with Crippen molar-refractivity contribution in [2.45, 2.75) is 78.1 Å². The normalized spacial score (nSPS) is 15.6. The molecule has 0 aliphatic carbocycles. The van der Waals surface area contributed by atoms with Gasteiger partial charge in [0.05, 0.1) is 16.4 Å². The maximum atomic E-state index is 13.2. The first-order valence-corrected chi connectivity index (χ1v) is 13.5. The summed E-state index contributed by atoms with van der Waals surface area (Å²) in [4.78, 5) is 76.2. The van der Waals surface area contributed by atoms with E-state index < -0.39 is 52.3 Å². The number of carboxylic acid groups (broad SMARTS) is 1. The summed E-state index contributed by atoms with van der Waals surface area (Å²) in [7, 11) is 0. The molecule has 0 fully saturated rings. The minimum Gasteiger partial charge on any atom is -0.480 e. The Morgan fingerprint density at radius 3 is 1.97 bits per heavy atom. The van der Waals surface area contributed by atoms with Crippen molar-refractivity contribution < 1.29 is 33.9 Å². The van der Waals surface area contributed by atoms with Crippen LogP contribution in [0.15, 0.2) is 24.3 Å². The number of imide groups is 1. The van der Waals surface area contributed by atoms with Crippen LogP contribution in [0.5, 0.6) is 0 Å².